The largest absolute Gasteiger partial charge is 0.508 e. The van der Waals surface area contributed by atoms with Crippen molar-refractivity contribution in [2.45, 2.75) is 52.5 Å². The van der Waals surface area contributed by atoms with E-state index in [2.05, 4.69) is 0 Å². The third-order valence-corrected chi connectivity index (χ3v) is 5.51. The minimum atomic E-state index is -0.410. The highest BCUT2D eigenvalue weighted by atomic mass is 16.3. The molecule has 2 atom stereocenters. The first kappa shape index (κ1) is 18.7. The van der Waals surface area contributed by atoms with Crippen molar-refractivity contribution in [3.8, 4) is 5.75 Å². The van der Waals surface area contributed by atoms with Crippen molar-refractivity contribution in [2.24, 2.45) is 11.3 Å². The molecule has 5 nitrogen and oxygen atoms in total. The number of benzene rings is 1. The van der Waals surface area contributed by atoms with Gasteiger partial charge >= 0.3 is 0 Å². The number of carbonyl (C=O) groups is 2. The van der Waals surface area contributed by atoms with Crippen LogP contribution in [0.3, 0.4) is 0 Å². The Hall–Kier alpha value is -2.04. The molecule has 0 spiro atoms. The number of nitrogens with zero attached hydrogens (tertiary/aromatic N) is 2. The molecular formula is C21H30N2O3. The second-order valence-electron chi connectivity index (χ2n) is 8.62. The first-order valence-electron chi connectivity index (χ1n) is 9.66. The van der Waals surface area contributed by atoms with Crippen LogP contribution in [0.25, 0.3) is 0 Å². The zero-order chi connectivity index (χ0) is 18.9. The fourth-order valence-electron chi connectivity index (χ4n) is 4.15. The molecule has 0 radical (unpaired) electrons. The van der Waals surface area contributed by atoms with E-state index in [0.717, 1.165) is 44.3 Å². The van der Waals surface area contributed by atoms with Gasteiger partial charge in [0.1, 0.15) is 5.75 Å². The fourth-order valence-corrected chi connectivity index (χ4v) is 4.15. The molecule has 2 fully saturated rings. The molecule has 26 heavy (non-hydrogen) atoms. The standard InChI is InChI=1S/C21H30N2O3/c1-21(2,3)20(26)22-12-4-6-16(14-22)19(25)23-13-5-7-18(23)15-8-10-17(24)11-9-15/h8-11,16,18,24H,4-7,12-14H2,1-3H3/t16-,18-/m0/s1. The Morgan fingerprint density at radius 2 is 1.69 bits per heavy atom. The SMILES string of the molecule is CC(C)(C)C(=O)N1CCC[C@H](C(=O)N2CCC[C@H]2c2ccc(O)cc2)C1. The monoisotopic (exact) mass is 358 g/mol. The highest BCUT2D eigenvalue weighted by Gasteiger charge is 2.38. The number of phenolic OH excluding ortho intramolecular Hbond substituents is 1. The first-order valence-corrected chi connectivity index (χ1v) is 9.66. The van der Waals surface area contributed by atoms with Gasteiger partial charge in [-0.15, -0.1) is 0 Å². The molecule has 0 aromatic heterocycles. The molecule has 3 rings (SSSR count). The molecule has 2 amide bonds. The van der Waals surface area contributed by atoms with E-state index in [0.29, 0.717) is 6.54 Å². The Morgan fingerprint density at radius 3 is 2.35 bits per heavy atom. The average Bonchev–Trinajstić information content (AvgIpc) is 3.10. The summed E-state index contributed by atoms with van der Waals surface area (Å²) in [7, 11) is 0. The van der Waals surface area contributed by atoms with Crippen molar-refractivity contribution in [1.29, 1.82) is 0 Å². The lowest BCUT2D eigenvalue weighted by molar-refractivity contribution is -0.145. The second kappa shape index (κ2) is 7.29. The molecule has 1 aromatic carbocycles. The molecule has 0 bridgehead atoms. The molecule has 142 valence electrons. The van der Waals surface area contributed by atoms with Gasteiger partial charge in [0.15, 0.2) is 0 Å². The van der Waals surface area contributed by atoms with E-state index in [9.17, 15) is 14.7 Å². The van der Waals surface area contributed by atoms with Gasteiger partial charge in [0.2, 0.25) is 11.8 Å². The smallest absolute Gasteiger partial charge is 0.227 e. The average molecular weight is 358 g/mol. The van der Waals surface area contributed by atoms with Gasteiger partial charge in [-0.2, -0.15) is 0 Å². The molecule has 5 heteroatoms. The number of piperidine rings is 1. The van der Waals surface area contributed by atoms with E-state index in [-0.39, 0.29) is 29.5 Å². The number of amides is 2. The van der Waals surface area contributed by atoms with Crippen LogP contribution in [0.1, 0.15) is 58.1 Å². The number of hydrogen-bond donors (Lipinski definition) is 1. The number of aromatic hydroxyl groups is 1. The van der Waals surface area contributed by atoms with E-state index < -0.39 is 5.41 Å². The van der Waals surface area contributed by atoms with Crippen LogP contribution in [0.5, 0.6) is 5.75 Å². The van der Waals surface area contributed by atoms with Crippen LogP contribution < -0.4 is 0 Å². The van der Waals surface area contributed by atoms with Crippen LogP contribution in [-0.4, -0.2) is 46.4 Å². The lowest BCUT2D eigenvalue weighted by atomic mass is 9.90. The minimum absolute atomic E-state index is 0.0804. The quantitative estimate of drug-likeness (QED) is 0.882. The van der Waals surface area contributed by atoms with Crippen LogP contribution >= 0.6 is 0 Å². The summed E-state index contributed by atoms with van der Waals surface area (Å²) in [6.45, 7) is 7.86. The fraction of sp³-hybridized carbons (Fsp3) is 0.619. The van der Waals surface area contributed by atoms with Gasteiger partial charge in [0, 0.05) is 25.0 Å². The highest BCUT2D eigenvalue weighted by molar-refractivity contribution is 5.84. The minimum Gasteiger partial charge on any atom is -0.508 e. The van der Waals surface area contributed by atoms with Crippen molar-refractivity contribution in [2.75, 3.05) is 19.6 Å². The normalized spacial score (nSPS) is 24.0. The zero-order valence-corrected chi connectivity index (χ0v) is 16.1. The molecule has 2 heterocycles. The molecule has 1 N–H and O–H groups in total. The van der Waals surface area contributed by atoms with Crippen LogP contribution in [-0.2, 0) is 9.59 Å². The summed E-state index contributed by atoms with van der Waals surface area (Å²) in [4.78, 5) is 29.7. The summed E-state index contributed by atoms with van der Waals surface area (Å²) >= 11 is 0. The predicted octanol–water partition coefficient (Wildman–Crippen LogP) is 3.34. The van der Waals surface area contributed by atoms with Gasteiger partial charge in [0.05, 0.1) is 12.0 Å². The molecule has 2 aliphatic heterocycles. The Kier molecular flexibility index (Phi) is 5.26. The van der Waals surface area contributed by atoms with Gasteiger partial charge in [-0.05, 0) is 43.4 Å². The molecular weight excluding hydrogens is 328 g/mol. The predicted molar refractivity (Wildman–Crippen MR) is 101 cm³/mol. The topological polar surface area (TPSA) is 60.9 Å². The second-order valence-corrected chi connectivity index (χ2v) is 8.62. The van der Waals surface area contributed by atoms with Gasteiger partial charge in [0.25, 0.3) is 0 Å². The van der Waals surface area contributed by atoms with Crippen molar-refractivity contribution in [3.63, 3.8) is 0 Å². The Balaban J connectivity index is 1.71. The third-order valence-electron chi connectivity index (χ3n) is 5.51. The maximum atomic E-state index is 13.2. The van der Waals surface area contributed by atoms with Gasteiger partial charge in [-0.3, -0.25) is 9.59 Å². The summed E-state index contributed by atoms with van der Waals surface area (Å²) in [6, 6.07) is 7.25. The number of carbonyl (C=O) groups excluding carboxylic acids is 2. The van der Waals surface area contributed by atoms with E-state index in [1.165, 1.54) is 0 Å². The maximum Gasteiger partial charge on any atom is 0.227 e. The van der Waals surface area contributed by atoms with Crippen LogP contribution in [0.15, 0.2) is 24.3 Å². The Bertz CT molecular complexity index is 663. The number of hydrogen-bond acceptors (Lipinski definition) is 3. The lowest BCUT2D eigenvalue weighted by Gasteiger charge is -2.38. The summed E-state index contributed by atoms with van der Waals surface area (Å²) in [5.41, 5.74) is 0.666. The molecule has 1 aromatic rings. The lowest BCUT2D eigenvalue weighted by Crippen LogP contribution is -2.49. The Morgan fingerprint density at radius 1 is 1.04 bits per heavy atom. The third kappa shape index (κ3) is 3.87. The summed E-state index contributed by atoms with van der Waals surface area (Å²) < 4.78 is 0. The molecule has 0 unspecified atom stereocenters. The molecule has 2 saturated heterocycles. The van der Waals surface area contributed by atoms with Gasteiger partial charge < -0.3 is 14.9 Å². The van der Waals surface area contributed by atoms with Crippen LogP contribution in [0, 0.1) is 11.3 Å². The van der Waals surface area contributed by atoms with Crippen molar-refractivity contribution >= 4 is 11.8 Å². The van der Waals surface area contributed by atoms with Crippen molar-refractivity contribution < 1.29 is 14.7 Å². The van der Waals surface area contributed by atoms with E-state index in [1.807, 2.05) is 42.7 Å². The zero-order valence-electron chi connectivity index (χ0n) is 16.1. The van der Waals surface area contributed by atoms with Crippen LogP contribution in [0.4, 0.5) is 0 Å². The van der Waals surface area contributed by atoms with E-state index in [4.69, 9.17) is 0 Å². The Labute approximate surface area is 156 Å². The molecule has 0 saturated carbocycles. The maximum absolute atomic E-state index is 13.2. The first-order chi connectivity index (χ1) is 12.3. The van der Waals surface area contributed by atoms with Crippen LogP contribution in [0.2, 0.25) is 0 Å². The van der Waals surface area contributed by atoms with E-state index >= 15 is 0 Å². The van der Waals surface area contributed by atoms with Gasteiger partial charge in [-0.25, -0.2) is 0 Å². The number of likely N-dealkylation sites (tertiary alicyclic amines) is 2. The number of phenols is 1. The summed E-state index contributed by atoms with van der Waals surface area (Å²) in [5.74, 6) is 0.444. The number of rotatable bonds is 2. The van der Waals surface area contributed by atoms with Crippen molar-refractivity contribution in [3.05, 3.63) is 29.8 Å². The molecule has 0 aliphatic carbocycles. The summed E-state index contributed by atoms with van der Waals surface area (Å²) in [6.07, 6.45) is 3.68. The highest BCUT2D eigenvalue weighted by Crippen LogP contribution is 2.35. The summed E-state index contributed by atoms with van der Waals surface area (Å²) in [5, 5.41) is 9.51. The molecule has 2 aliphatic rings. The van der Waals surface area contributed by atoms with Crippen molar-refractivity contribution in [1.82, 2.24) is 9.80 Å². The van der Waals surface area contributed by atoms with E-state index in [1.54, 1.807) is 12.1 Å². The van der Waals surface area contributed by atoms with Gasteiger partial charge in [-0.1, -0.05) is 32.9 Å².